The largest absolute Gasteiger partial charge is 0.313 e. The van der Waals surface area contributed by atoms with Gasteiger partial charge < -0.3 is 5.32 Å². The number of rotatable bonds is 3. The van der Waals surface area contributed by atoms with Gasteiger partial charge >= 0.3 is 0 Å². The van der Waals surface area contributed by atoms with Crippen LogP contribution >= 0.6 is 34.8 Å². The van der Waals surface area contributed by atoms with Crippen LogP contribution in [-0.4, -0.2) is 6.54 Å². The minimum absolute atomic E-state index is 0.537. The van der Waals surface area contributed by atoms with Crippen molar-refractivity contribution in [2.45, 2.75) is 13.5 Å². The fourth-order valence-corrected chi connectivity index (χ4v) is 1.66. The van der Waals surface area contributed by atoms with Crippen LogP contribution in [0.2, 0.25) is 15.1 Å². The number of hydrogen-bond acceptors (Lipinski definition) is 1. The third-order valence-corrected chi connectivity index (χ3v) is 2.89. The first-order chi connectivity index (χ1) is 6.16. The first-order valence-electron chi connectivity index (χ1n) is 4.00. The van der Waals surface area contributed by atoms with Crippen molar-refractivity contribution < 1.29 is 0 Å². The van der Waals surface area contributed by atoms with Crippen LogP contribution in [0.5, 0.6) is 0 Å². The second-order valence-electron chi connectivity index (χ2n) is 2.60. The molecule has 72 valence electrons. The van der Waals surface area contributed by atoms with Crippen molar-refractivity contribution in [2.24, 2.45) is 0 Å². The first-order valence-corrected chi connectivity index (χ1v) is 5.13. The van der Waals surface area contributed by atoms with E-state index in [1.54, 1.807) is 12.1 Å². The maximum atomic E-state index is 5.98. The van der Waals surface area contributed by atoms with Crippen molar-refractivity contribution in [2.75, 3.05) is 6.54 Å². The zero-order valence-electron chi connectivity index (χ0n) is 7.20. The molecule has 0 atom stereocenters. The molecule has 1 nitrogen and oxygen atoms in total. The lowest BCUT2D eigenvalue weighted by molar-refractivity contribution is 0.727. The number of hydrogen-bond donors (Lipinski definition) is 1. The molecule has 0 saturated carbocycles. The van der Waals surface area contributed by atoms with E-state index in [2.05, 4.69) is 5.32 Å². The summed E-state index contributed by atoms with van der Waals surface area (Å²) >= 11 is 17.8. The Labute approximate surface area is 93.0 Å². The fourth-order valence-electron chi connectivity index (χ4n) is 0.981. The van der Waals surface area contributed by atoms with E-state index in [1.807, 2.05) is 6.92 Å². The van der Waals surface area contributed by atoms with Crippen LogP contribution in [0.25, 0.3) is 0 Å². The highest BCUT2D eigenvalue weighted by Crippen LogP contribution is 2.31. The second-order valence-corrected chi connectivity index (χ2v) is 3.79. The zero-order valence-corrected chi connectivity index (χ0v) is 9.47. The molecule has 0 saturated heterocycles. The van der Waals surface area contributed by atoms with Crippen LogP contribution in [0.1, 0.15) is 12.5 Å². The zero-order chi connectivity index (χ0) is 9.84. The van der Waals surface area contributed by atoms with Gasteiger partial charge in [-0.05, 0) is 18.7 Å². The van der Waals surface area contributed by atoms with Crippen molar-refractivity contribution in [3.8, 4) is 0 Å². The maximum Gasteiger partial charge on any atom is 0.0652 e. The molecular weight excluding hydrogens is 228 g/mol. The van der Waals surface area contributed by atoms with Crippen LogP contribution in [-0.2, 0) is 6.54 Å². The van der Waals surface area contributed by atoms with Gasteiger partial charge in [0.1, 0.15) is 0 Å². The summed E-state index contributed by atoms with van der Waals surface area (Å²) in [6.07, 6.45) is 0. The molecule has 0 aliphatic rings. The maximum absolute atomic E-state index is 5.98. The van der Waals surface area contributed by atoms with Crippen LogP contribution in [0.3, 0.4) is 0 Å². The minimum Gasteiger partial charge on any atom is -0.313 e. The van der Waals surface area contributed by atoms with E-state index in [0.29, 0.717) is 21.6 Å². The summed E-state index contributed by atoms with van der Waals surface area (Å²) in [4.78, 5) is 0. The normalized spacial score (nSPS) is 10.5. The fraction of sp³-hybridized carbons (Fsp3) is 0.333. The second kappa shape index (κ2) is 5.06. The standard InChI is InChI=1S/C9H10Cl3N/c1-2-13-5-6-7(10)3-4-8(11)9(6)12/h3-4,13H,2,5H2,1H3. The quantitative estimate of drug-likeness (QED) is 0.791. The Balaban J connectivity index is 2.96. The lowest BCUT2D eigenvalue weighted by Gasteiger charge is -2.08. The molecule has 1 aromatic carbocycles. The molecule has 1 rings (SSSR count). The minimum atomic E-state index is 0.537. The lowest BCUT2D eigenvalue weighted by atomic mass is 10.2. The van der Waals surface area contributed by atoms with E-state index in [-0.39, 0.29) is 0 Å². The summed E-state index contributed by atoms with van der Waals surface area (Å²) in [6, 6.07) is 3.45. The van der Waals surface area contributed by atoms with E-state index in [0.717, 1.165) is 12.1 Å². The number of halogens is 3. The van der Waals surface area contributed by atoms with Crippen molar-refractivity contribution in [3.05, 3.63) is 32.8 Å². The van der Waals surface area contributed by atoms with Gasteiger partial charge in [-0.25, -0.2) is 0 Å². The molecule has 0 heterocycles. The summed E-state index contributed by atoms with van der Waals surface area (Å²) < 4.78 is 0. The molecule has 0 aliphatic carbocycles. The van der Waals surface area contributed by atoms with Gasteiger partial charge in [0.05, 0.1) is 10.0 Å². The molecule has 1 N–H and O–H groups in total. The van der Waals surface area contributed by atoms with Crippen LogP contribution in [0, 0.1) is 0 Å². The Morgan fingerprint density at radius 3 is 2.38 bits per heavy atom. The van der Waals surface area contributed by atoms with Crippen molar-refractivity contribution in [3.63, 3.8) is 0 Å². The van der Waals surface area contributed by atoms with Gasteiger partial charge in [-0.1, -0.05) is 41.7 Å². The van der Waals surface area contributed by atoms with Crippen LogP contribution in [0.4, 0.5) is 0 Å². The highest BCUT2D eigenvalue weighted by molar-refractivity contribution is 6.44. The predicted molar refractivity (Wildman–Crippen MR) is 58.9 cm³/mol. The molecule has 4 heteroatoms. The van der Waals surface area contributed by atoms with Crippen LogP contribution in [0.15, 0.2) is 12.1 Å². The number of benzene rings is 1. The van der Waals surface area contributed by atoms with Gasteiger partial charge in [0.15, 0.2) is 0 Å². The predicted octanol–water partition coefficient (Wildman–Crippen LogP) is 3.76. The summed E-state index contributed by atoms with van der Waals surface area (Å²) in [7, 11) is 0. The smallest absolute Gasteiger partial charge is 0.0652 e. The SMILES string of the molecule is CCNCc1c(Cl)ccc(Cl)c1Cl. The molecule has 0 unspecified atom stereocenters. The average molecular weight is 239 g/mol. The Morgan fingerprint density at radius 2 is 1.77 bits per heavy atom. The third kappa shape index (κ3) is 2.75. The molecule has 0 spiro atoms. The van der Waals surface area contributed by atoms with Gasteiger partial charge in [-0.2, -0.15) is 0 Å². The Kier molecular flexibility index (Phi) is 4.33. The van der Waals surface area contributed by atoms with Gasteiger partial charge in [0.25, 0.3) is 0 Å². The summed E-state index contributed by atoms with van der Waals surface area (Å²) in [5.74, 6) is 0. The molecule has 0 aromatic heterocycles. The average Bonchev–Trinajstić information content (AvgIpc) is 2.12. The molecule has 0 bridgehead atoms. The topological polar surface area (TPSA) is 12.0 Å². The van der Waals surface area contributed by atoms with Gasteiger partial charge in [-0.3, -0.25) is 0 Å². The van der Waals surface area contributed by atoms with Gasteiger partial charge in [0.2, 0.25) is 0 Å². The number of nitrogens with one attached hydrogen (secondary N) is 1. The Hall–Kier alpha value is 0.0500. The first kappa shape index (κ1) is 11.1. The van der Waals surface area contributed by atoms with E-state index < -0.39 is 0 Å². The monoisotopic (exact) mass is 237 g/mol. The Morgan fingerprint density at radius 1 is 1.15 bits per heavy atom. The van der Waals surface area contributed by atoms with E-state index in [4.69, 9.17) is 34.8 Å². The van der Waals surface area contributed by atoms with E-state index >= 15 is 0 Å². The van der Waals surface area contributed by atoms with E-state index in [9.17, 15) is 0 Å². The highest BCUT2D eigenvalue weighted by Gasteiger charge is 2.08. The molecule has 0 aliphatic heterocycles. The van der Waals surface area contributed by atoms with E-state index in [1.165, 1.54) is 0 Å². The highest BCUT2D eigenvalue weighted by atomic mass is 35.5. The summed E-state index contributed by atoms with van der Waals surface area (Å²) in [6.45, 7) is 3.54. The molecular formula is C9H10Cl3N. The van der Waals surface area contributed by atoms with Gasteiger partial charge in [0, 0.05) is 17.1 Å². The molecule has 0 radical (unpaired) electrons. The molecule has 1 aromatic rings. The lowest BCUT2D eigenvalue weighted by Crippen LogP contribution is -2.12. The van der Waals surface area contributed by atoms with Crippen molar-refractivity contribution in [1.29, 1.82) is 0 Å². The molecule has 13 heavy (non-hydrogen) atoms. The summed E-state index contributed by atoms with van der Waals surface area (Å²) in [5, 5.41) is 4.87. The van der Waals surface area contributed by atoms with Gasteiger partial charge in [-0.15, -0.1) is 0 Å². The molecule has 0 amide bonds. The summed E-state index contributed by atoms with van der Waals surface area (Å²) in [5.41, 5.74) is 0.859. The third-order valence-electron chi connectivity index (χ3n) is 1.69. The Bertz CT molecular complexity index is 299. The van der Waals surface area contributed by atoms with Crippen molar-refractivity contribution >= 4 is 34.8 Å². The van der Waals surface area contributed by atoms with Crippen LogP contribution < -0.4 is 5.32 Å². The van der Waals surface area contributed by atoms with Crippen molar-refractivity contribution in [1.82, 2.24) is 5.32 Å². The molecule has 0 fully saturated rings.